The Kier molecular flexibility index (Phi) is 4.47. The zero-order chi connectivity index (χ0) is 14.5. The second-order valence-electron chi connectivity index (χ2n) is 4.81. The molecule has 0 bridgehead atoms. The van der Waals surface area contributed by atoms with E-state index in [-0.39, 0.29) is 5.91 Å². The van der Waals surface area contributed by atoms with Crippen LogP contribution < -0.4 is 10.2 Å². The lowest BCUT2D eigenvalue weighted by molar-refractivity contribution is -0.115. The predicted octanol–water partition coefficient (Wildman–Crippen LogP) is 2.16. The molecular weight excluding hydrogens is 286 g/mol. The summed E-state index contributed by atoms with van der Waals surface area (Å²) in [5.41, 5.74) is 1.06. The first kappa shape index (κ1) is 14.0. The summed E-state index contributed by atoms with van der Waals surface area (Å²) in [4.78, 5) is 19.5. The number of ether oxygens (including phenoxy) is 1. The molecule has 1 amide bonds. The molecule has 0 spiro atoms. The SMILES string of the molecule is O=C(Cc1cccs1)Nc1ccc(N2CCOCC2)cn1. The maximum atomic E-state index is 11.9. The van der Waals surface area contributed by atoms with Crippen molar-refractivity contribution in [3.05, 3.63) is 40.7 Å². The van der Waals surface area contributed by atoms with Crippen molar-refractivity contribution >= 4 is 28.7 Å². The standard InChI is InChI=1S/C15H17N3O2S/c19-15(10-13-2-1-9-21-13)17-14-4-3-12(11-16-14)18-5-7-20-8-6-18/h1-4,9,11H,5-8,10H2,(H,16,17,19). The van der Waals surface area contributed by atoms with Crippen LogP contribution in [0.2, 0.25) is 0 Å². The van der Waals surface area contributed by atoms with Gasteiger partial charge in [-0.15, -0.1) is 11.3 Å². The van der Waals surface area contributed by atoms with E-state index in [1.54, 1.807) is 17.5 Å². The van der Waals surface area contributed by atoms with Gasteiger partial charge in [-0.1, -0.05) is 6.07 Å². The van der Waals surface area contributed by atoms with Crippen LogP contribution in [0.5, 0.6) is 0 Å². The Morgan fingerprint density at radius 1 is 1.33 bits per heavy atom. The van der Waals surface area contributed by atoms with E-state index in [9.17, 15) is 4.79 Å². The molecule has 1 aliphatic heterocycles. The molecule has 1 fully saturated rings. The van der Waals surface area contributed by atoms with E-state index >= 15 is 0 Å². The van der Waals surface area contributed by atoms with Crippen LogP contribution in [0.15, 0.2) is 35.8 Å². The number of anilines is 2. The average Bonchev–Trinajstić information content (AvgIpc) is 3.02. The molecule has 0 aromatic carbocycles. The van der Waals surface area contributed by atoms with Crippen LogP contribution >= 0.6 is 11.3 Å². The van der Waals surface area contributed by atoms with Gasteiger partial charge in [-0.25, -0.2) is 4.98 Å². The molecule has 0 aliphatic carbocycles. The van der Waals surface area contributed by atoms with Gasteiger partial charge in [0.05, 0.1) is 31.5 Å². The van der Waals surface area contributed by atoms with Crippen molar-refractivity contribution in [1.29, 1.82) is 0 Å². The van der Waals surface area contributed by atoms with Crippen molar-refractivity contribution in [2.45, 2.75) is 6.42 Å². The Morgan fingerprint density at radius 3 is 2.86 bits per heavy atom. The molecule has 0 saturated carbocycles. The van der Waals surface area contributed by atoms with Crippen LogP contribution in [0.25, 0.3) is 0 Å². The number of amides is 1. The lowest BCUT2D eigenvalue weighted by Gasteiger charge is -2.28. The molecule has 3 rings (SSSR count). The Labute approximate surface area is 127 Å². The summed E-state index contributed by atoms with van der Waals surface area (Å²) in [5, 5.41) is 4.79. The molecule has 21 heavy (non-hydrogen) atoms. The first-order valence-electron chi connectivity index (χ1n) is 6.92. The molecule has 1 saturated heterocycles. The van der Waals surface area contributed by atoms with Crippen LogP contribution in [0, 0.1) is 0 Å². The number of hydrogen-bond donors (Lipinski definition) is 1. The highest BCUT2D eigenvalue weighted by molar-refractivity contribution is 7.10. The third-order valence-electron chi connectivity index (χ3n) is 3.31. The maximum absolute atomic E-state index is 11.9. The molecule has 0 unspecified atom stereocenters. The fourth-order valence-electron chi connectivity index (χ4n) is 2.23. The third-order valence-corrected chi connectivity index (χ3v) is 4.18. The maximum Gasteiger partial charge on any atom is 0.230 e. The molecule has 110 valence electrons. The molecular formula is C15H17N3O2S. The number of hydrogen-bond acceptors (Lipinski definition) is 5. The molecule has 5 nitrogen and oxygen atoms in total. The Bertz CT molecular complexity index is 577. The first-order chi connectivity index (χ1) is 10.3. The zero-order valence-electron chi connectivity index (χ0n) is 11.6. The van der Waals surface area contributed by atoms with Crippen LogP contribution in [-0.4, -0.2) is 37.2 Å². The second kappa shape index (κ2) is 6.69. The molecule has 6 heteroatoms. The van der Waals surface area contributed by atoms with Crippen molar-refractivity contribution in [3.8, 4) is 0 Å². The van der Waals surface area contributed by atoms with Crippen molar-refractivity contribution in [2.24, 2.45) is 0 Å². The highest BCUT2D eigenvalue weighted by Crippen LogP contribution is 2.17. The predicted molar refractivity (Wildman–Crippen MR) is 83.9 cm³/mol. The fourth-order valence-corrected chi connectivity index (χ4v) is 2.93. The molecule has 0 radical (unpaired) electrons. The minimum Gasteiger partial charge on any atom is -0.378 e. The normalized spacial score (nSPS) is 15.0. The summed E-state index contributed by atoms with van der Waals surface area (Å²) in [6.45, 7) is 3.26. The largest absolute Gasteiger partial charge is 0.378 e. The molecule has 1 N–H and O–H groups in total. The van der Waals surface area contributed by atoms with Crippen LogP contribution in [0.1, 0.15) is 4.88 Å². The molecule has 3 heterocycles. The van der Waals surface area contributed by atoms with E-state index in [2.05, 4.69) is 15.2 Å². The zero-order valence-corrected chi connectivity index (χ0v) is 12.4. The summed E-state index contributed by atoms with van der Waals surface area (Å²) in [7, 11) is 0. The summed E-state index contributed by atoms with van der Waals surface area (Å²) in [6, 6.07) is 7.73. The lowest BCUT2D eigenvalue weighted by atomic mass is 10.3. The number of rotatable bonds is 4. The van der Waals surface area contributed by atoms with E-state index < -0.39 is 0 Å². The van der Waals surface area contributed by atoms with Crippen molar-refractivity contribution in [1.82, 2.24) is 4.98 Å². The van der Waals surface area contributed by atoms with Gasteiger partial charge in [0.25, 0.3) is 0 Å². The smallest absolute Gasteiger partial charge is 0.230 e. The monoisotopic (exact) mass is 303 g/mol. The summed E-state index contributed by atoms with van der Waals surface area (Å²) in [6.07, 6.45) is 2.19. The molecule has 2 aromatic heterocycles. The molecule has 0 atom stereocenters. The number of pyridine rings is 1. The van der Waals surface area contributed by atoms with Gasteiger partial charge < -0.3 is 15.0 Å². The lowest BCUT2D eigenvalue weighted by Crippen LogP contribution is -2.36. The minimum absolute atomic E-state index is 0.0379. The number of carbonyl (C=O) groups excluding carboxylic acids is 1. The van der Waals surface area contributed by atoms with Crippen molar-refractivity contribution in [2.75, 3.05) is 36.5 Å². The summed E-state index contributed by atoms with van der Waals surface area (Å²) in [5.74, 6) is 0.553. The Morgan fingerprint density at radius 2 is 2.19 bits per heavy atom. The van der Waals surface area contributed by atoms with E-state index in [1.165, 1.54) is 0 Å². The van der Waals surface area contributed by atoms with E-state index in [0.717, 1.165) is 36.9 Å². The van der Waals surface area contributed by atoms with Crippen molar-refractivity contribution < 1.29 is 9.53 Å². The highest BCUT2D eigenvalue weighted by Gasteiger charge is 2.12. The number of nitrogens with one attached hydrogen (secondary N) is 1. The first-order valence-corrected chi connectivity index (χ1v) is 7.80. The topological polar surface area (TPSA) is 54.5 Å². The van der Waals surface area contributed by atoms with Crippen LogP contribution in [-0.2, 0) is 16.0 Å². The van der Waals surface area contributed by atoms with Gasteiger partial charge in [0.2, 0.25) is 5.91 Å². The van der Waals surface area contributed by atoms with Gasteiger partial charge in [-0.3, -0.25) is 4.79 Å². The number of morpholine rings is 1. The van der Waals surface area contributed by atoms with E-state index in [1.807, 2.05) is 29.6 Å². The summed E-state index contributed by atoms with van der Waals surface area (Å²) < 4.78 is 5.33. The van der Waals surface area contributed by atoms with Gasteiger partial charge >= 0.3 is 0 Å². The van der Waals surface area contributed by atoms with Gasteiger partial charge in [-0.05, 0) is 23.6 Å². The van der Waals surface area contributed by atoms with E-state index in [4.69, 9.17) is 4.74 Å². The molecule has 2 aromatic rings. The fraction of sp³-hybridized carbons (Fsp3) is 0.333. The van der Waals surface area contributed by atoms with E-state index in [0.29, 0.717) is 12.2 Å². The average molecular weight is 303 g/mol. The van der Waals surface area contributed by atoms with Gasteiger partial charge in [0.15, 0.2) is 0 Å². The number of nitrogens with zero attached hydrogens (tertiary/aromatic N) is 2. The Balaban J connectivity index is 1.57. The second-order valence-corrected chi connectivity index (χ2v) is 5.84. The minimum atomic E-state index is -0.0379. The van der Waals surface area contributed by atoms with Crippen molar-refractivity contribution in [3.63, 3.8) is 0 Å². The number of carbonyl (C=O) groups is 1. The van der Waals surface area contributed by atoms with Crippen LogP contribution in [0.3, 0.4) is 0 Å². The number of aromatic nitrogens is 1. The van der Waals surface area contributed by atoms with Gasteiger partial charge in [-0.2, -0.15) is 0 Å². The molecule has 1 aliphatic rings. The Hall–Kier alpha value is -1.92. The number of thiophene rings is 1. The van der Waals surface area contributed by atoms with Gasteiger partial charge in [0, 0.05) is 18.0 Å². The third kappa shape index (κ3) is 3.80. The summed E-state index contributed by atoms with van der Waals surface area (Å²) >= 11 is 1.58. The van der Waals surface area contributed by atoms with Crippen LogP contribution in [0.4, 0.5) is 11.5 Å². The quantitative estimate of drug-likeness (QED) is 0.940. The highest BCUT2D eigenvalue weighted by atomic mass is 32.1. The van der Waals surface area contributed by atoms with Gasteiger partial charge in [0.1, 0.15) is 5.82 Å².